The summed E-state index contributed by atoms with van der Waals surface area (Å²) in [5, 5.41) is 1.78. The molecule has 5 rings (SSSR count). The third-order valence-electron chi connectivity index (χ3n) is 6.26. The van der Waals surface area contributed by atoms with Crippen molar-refractivity contribution in [2.75, 3.05) is 32.6 Å². The molecule has 1 saturated heterocycles. The van der Waals surface area contributed by atoms with Gasteiger partial charge >= 0.3 is 5.97 Å². The molecule has 1 aromatic heterocycles. The number of rotatable bonds is 9. The van der Waals surface area contributed by atoms with Gasteiger partial charge in [-0.25, -0.2) is 8.42 Å². The molecule has 3 heterocycles. The van der Waals surface area contributed by atoms with Crippen LogP contribution in [0.1, 0.15) is 31.9 Å². The van der Waals surface area contributed by atoms with Gasteiger partial charge in [-0.05, 0) is 43.3 Å². The second-order valence-electron chi connectivity index (χ2n) is 9.24. The van der Waals surface area contributed by atoms with E-state index in [0.29, 0.717) is 50.0 Å². The molecule has 2 aliphatic heterocycles. The first-order valence-electron chi connectivity index (χ1n) is 12.5. The van der Waals surface area contributed by atoms with Gasteiger partial charge in [-0.3, -0.25) is 9.79 Å². The molecule has 0 spiro atoms. The number of nitrogens with one attached hydrogen (secondary N) is 1. The lowest BCUT2D eigenvalue weighted by atomic mass is 10.1. The van der Waals surface area contributed by atoms with Gasteiger partial charge in [0.2, 0.25) is 0 Å². The Morgan fingerprint density at radius 3 is 2.61 bits per heavy atom. The van der Waals surface area contributed by atoms with Crippen LogP contribution in [-0.4, -0.2) is 68.4 Å². The Morgan fingerprint density at radius 1 is 1.13 bits per heavy atom. The number of hydrogen-bond donors (Lipinski definition) is 1. The van der Waals surface area contributed by atoms with Crippen LogP contribution in [0.3, 0.4) is 0 Å². The number of aromatic nitrogens is 1. The Labute approximate surface area is 225 Å². The molecule has 0 saturated carbocycles. The van der Waals surface area contributed by atoms with E-state index in [0.717, 1.165) is 34.5 Å². The molecular weight excluding hydrogens is 528 g/mol. The number of esters is 1. The van der Waals surface area contributed by atoms with E-state index < -0.39 is 9.84 Å². The van der Waals surface area contributed by atoms with Gasteiger partial charge in [0.25, 0.3) is 0 Å². The van der Waals surface area contributed by atoms with Crippen LogP contribution in [0, 0.1) is 0 Å². The normalized spacial score (nSPS) is 18.4. The molecule has 1 N–H and O–H groups in total. The Kier molecular flexibility index (Phi) is 7.96. The molecule has 0 bridgehead atoms. The summed E-state index contributed by atoms with van der Waals surface area (Å²) in [7, 11) is -3.29. The van der Waals surface area contributed by atoms with Crippen LogP contribution in [0.5, 0.6) is 17.2 Å². The summed E-state index contributed by atoms with van der Waals surface area (Å²) in [5.41, 5.74) is 1.69. The van der Waals surface area contributed by atoms with E-state index >= 15 is 0 Å². The van der Waals surface area contributed by atoms with Crippen molar-refractivity contribution in [2.24, 2.45) is 4.99 Å². The highest BCUT2D eigenvalue weighted by atomic mass is 32.2. The van der Waals surface area contributed by atoms with Gasteiger partial charge in [-0.15, -0.1) is 0 Å². The van der Waals surface area contributed by atoms with Gasteiger partial charge in [0.05, 0.1) is 48.9 Å². The van der Waals surface area contributed by atoms with E-state index in [-0.39, 0.29) is 22.2 Å². The summed E-state index contributed by atoms with van der Waals surface area (Å²) in [6.07, 6.45) is 3.11. The average Bonchev–Trinajstić information content (AvgIpc) is 3.52. The van der Waals surface area contributed by atoms with Crippen molar-refractivity contribution in [3.63, 3.8) is 0 Å². The molecule has 0 amide bonds. The smallest absolute Gasteiger partial charge is 0.306 e. The molecule has 1 fully saturated rings. The number of benzene rings is 2. The van der Waals surface area contributed by atoms with Gasteiger partial charge in [-0.2, -0.15) is 0 Å². The fourth-order valence-electron chi connectivity index (χ4n) is 4.39. The zero-order chi connectivity index (χ0) is 26.7. The lowest BCUT2D eigenvalue weighted by Crippen LogP contribution is -2.25. The standard InChI is InChI=1S/C27H30N2O7S2/c1-3-34-25(30)15-21-16-28-27(37-21)23-13-17-12-20(35-18-4-6-22(7-5-18)38(2,31)32)14-24(26(17)29-23)36-19-8-10-33-11-9-19/h4-7,12-14,19,21,29H,3,8-11,15-16H2,1-2H3. The van der Waals surface area contributed by atoms with E-state index in [2.05, 4.69) is 9.98 Å². The fourth-order valence-corrected chi connectivity index (χ4v) is 6.09. The van der Waals surface area contributed by atoms with Gasteiger partial charge in [0.1, 0.15) is 28.4 Å². The quantitative estimate of drug-likeness (QED) is 0.375. The van der Waals surface area contributed by atoms with Crippen LogP contribution in [0.4, 0.5) is 0 Å². The number of nitrogens with zero attached hydrogens (tertiary/aromatic N) is 1. The molecule has 202 valence electrons. The van der Waals surface area contributed by atoms with Crippen LogP contribution in [0.25, 0.3) is 10.9 Å². The topological polar surface area (TPSA) is 116 Å². The molecule has 2 aliphatic rings. The van der Waals surface area contributed by atoms with E-state index in [1.54, 1.807) is 30.8 Å². The SMILES string of the molecule is CCOC(=O)CC1CN=C(c2cc3cc(Oc4ccc(S(C)(=O)=O)cc4)cc(OC4CCOCC4)c3[nH]2)S1. The predicted molar refractivity (Wildman–Crippen MR) is 146 cm³/mol. The number of aliphatic imine (C=N–C) groups is 1. The number of carbonyl (C=O) groups excluding carboxylic acids is 1. The minimum Gasteiger partial charge on any atom is -0.488 e. The van der Waals surface area contributed by atoms with Gasteiger partial charge in [0.15, 0.2) is 9.84 Å². The molecule has 1 unspecified atom stereocenters. The van der Waals surface area contributed by atoms with Gasteiger partial charge < -0.3 is 23.9 Å². The van der Waals surface area contributed by atoms with E-state index in [4.69, 9.17) is 18.9 Å². The summed E-state index contributed by atoms with van der Waals surface area (Å²) >= 11 is 1.57. The second kappa shape index (κ2) is 11.4. The number of carbonyl (C=O) groups is 1. The van der Waals surface area contributed by atoms with Gasteiger partial charge in [0, 0.05) is 35.8 Å². The maximum atomic E-state index is 11.9. The first kappa shape index (κ1) is 26.6. The molecular formula is C27H30N2O7S2. The van der Waals surface area contributed by atoms with E-state index in [1.807, 2.05) is 18.2 Å². The molecule has 0 aliphatic carbocycles. The number of fused-ring (bicyclic) bond motifs is 1. The predicted octanol–water partition coefficient (Wildman–Crippen LogP) is 4.74. The molecule has 3 aromatic rings. The zero-order valence-electron chi connectivity index (χ0n) is 21.3. The first-order chi connectivity index (χ1) is 18.3. The molecule has 0 radical (unpaired) electrons. The number of ether oxygens (including phenoxy) is 4. The molecule has 1 atom stereocenters. The fraction of sp³-hybridized carbons (Fsp3) is 0.407. The van der Waals surface area contributed by atoms with Crippen LogP contribution < -0.4 is 9.47 Å². The van der Waals surface area contributed by atoms with Crippen molar-refractivity contribution in [1.82, 2.24) is 4.98 Å². The minimum atomic E-state index is -3.29. The van der Waals surface area contributed by atoms with Crippen molar-refractivity contribution in [2.45, 2.75) is 42.4 Å². The van der Waals surface area contributed by atoms with Crippen molar-refractivity contribution in [1.29, 1.82) is 0 Å². The lowest BCUT2D eigenvalue weighted by molar-refractivity contribution is -0.143. The van der Waals surface area contributed by atoms with Gasteiger partial charge in [-0.1, -0.05) is 11.8 Å². The van der Waals surface area contributed by atoms with E-state index in [9.17, 15) is 13.2 Å². The zero-order valence-corrected chi connectivity index (χ0v) is 22.9. The van der Waals surface area contributed by atoms with Crippen molar-refractivity contribution in [3.05, 3.63) is 48.2 Å². The number of hydrogen-bond acceptors (Lipinski definition) is 9. The van der Waals surface area contributed by atoms with Crippen LogP contribution in [0.2, 0.25) is 0 Å². The average molecular weight is 559 g/mol. The van der Waals surface area contributed by atoms with Crippen LogP contribution in [-0.2, 0) is 24.1 Å². The molecule has 38 heavy (non-hydrogen) atoms. The maximum absolute atomic E-state index is 11.9. The third-order valence-corrected chi connectivity index (χ3v) is 8.61. The number of H-pyrrole nitrogens is 1. The number of sulfone groups is 1. The van der Waals surface area contributed by atoms with E-state index in [1.165, 1.54) is 18.4 Å². The second-order valence-corrected chi connectivity index (χ2v) is 12.5. The Bertz CT molecular complexity index is 1440. The largest absolute Gasteiger partial charge is 0.488 e. The summed E-state index contributed by atoms with van der Waals surface area (Å²) in [5.74, 6) is 1.53. The van der Waals surface area contributed by atoms with Crippen LogP contribution in [0.15, 0.2) is 52.4 Å². The highest BCUT2D eigenvalue weighted by Gasteiger charge is 2.26. The van der Waals surface area contributed by atoms with Crippen molar-refractivity contribution in [3.8, 4) is 17.2 Å². The van der Waals surface area contributed by atoms with Crippen molar-refractivity contribution < 1.29 is 32.2 Å². The Morgan fingerprint density at radius 2 is 1.89 bits per heavy atom. The summed E-state index contributed by atoms with van der Waals surface area (Å²) < 4.78 is 46.7. The van der Waals surface area contributed by atoms with Crippen molar-refractivity contribution >= 4 is 43.5 Å². The molecule has 9 nitrogen and oxygen atoms in total. The minimum absolute atomic E-state index is 0.0233. The highest BCUT2D eigenvalue weighted by molar-refractivity contribution is 8.15. The third kappa shape index (κ3) is 6.33. The number of aromatic amines is 1. The molecule has 2 aromatic carbocycles. The number of thioether (sulfide) groups is 1. The Balaban J connectivity index is 1.41. The van der Waals surface area contributed by atoms with Crippen LogP contribution >= 0.6 is 11.8 Å². The summed E-state index contributed by atoms with van der Waals surface area (Å²) in [6.45, 7) is 4.03. The first-order valence-corrected chi connectivity index (χ1v) is 15.3. The summed E-state index contributed by atoms with van der Waals surface area (Å²) in [6, 6.07) is 12.1. The summed E-state index contributed by atoms with van der Waals surface area (Å²) in [4.78, 5) is 20.3. The monoisotopic (exact) mass is 558 g/mol. The highest BCUT2D eigenvalue weighted by Crippen LogP contribution is 2.37. The lowest BCUT2D eigenvalue weighted by Gasteiger charge is -2.24. The maximum Gasteiger partial charge on any atom is 0.306 e. The molecule has 11 heteroatoms. The Hall–Kier alpha value is -3.02.